The number of hydrogen-bond donors (Lipinski definition) is 0. The second-order valence-corrected chi connectivity index (χ2v) is 12.3. The molecule has 2 aromatic heterocycles. The zero-order valence-corrected chi connectivity index (χ0v) is 23.9. The average molecular weight is 505 g/mol. The smallest absolute Gasteiger partial charge is 0.124 e. The van der Waals surface area contributed by atoms with E-state index in [-0.39, 0.29) is 5.41 Å². The van der Waals surface area contributed by atoms with Gasteiger partial charge in [-0.3, -0.25) is 9.88 Å². The van der Waals surface area contributed by atoms with E-state index in [1.807, 2.05) is 18.3 Å². The maximum atomic E-state index is 5.06. The number of hydrogen-bond acceptors (Lipinski definition) is 5. The van der Waals surface area contributed by atoms with Gasteiger partial charge in [0.15, 0.2) is 0 Å². The molecule has 0 saturated carbocycles. The molecule has 3 heterocycles. The molecule has 37 heavy (non-hydrogen) atoms. The Bertz CT molecular complexity index is 1070. The van der Waals surface area contributed by atoms with Crippen LogP contribution in [0.2, 0.25) is 0 Å². The molecule has 2 atom stereocenters. The monoisotopic (exact) mass is 504 g/mol. The third kappa shape index (κ3) is 6.78. The van der Waals surface area contributed by atoms with Gasteiger partial charge in [-0.15, -0.1) is 0 Å². The van der Waals surface area contributed by atoms with Crippen molar-refractivity contribution in [2.75, 3.05) is 47.3 Å². The van der Waals surface area contributed by atoms with Crippen molar-refractivity contribution >= 4 is 12.2 Å². The van der Waals surface area contributed by atoms with Crippen LogP contribution >= 0.6 is 0 Å². The predicted molar refractivity (Wildman–Crippen MR) is 155 cm³/mol. The number of pyridine rings is 1. The number of rotatable bonds is 11. The van der Waals surface area contributed by atoms with Crippen LogP contribution in [-0.2, 0) is 19.5 Å². The van der Waals surface area contributed by atoms with Crippen LogP contribution in [0.15, 0.2) is 31.5 Å². The molecular weight excluding hydrogens is 456 g/mol. The minimum atomic E-state index is 0.279. The van der Waals surface area contributed by atoms with Crippen molar-refractivity contribution in [2.45, 2.75) is 65.1 Å². The van der Waals surface area contributed by atoms with E-state index in [0.717, 1.165) is 62.8 Å². The Morgan fingerprint density at radius 1 is 1.14 bits per heavy atom. The van der Waals surface area contributed by atoms with Crippen molar-refractivity contribution in [1.29, 1.82) is 0 Å². The molecule has 1 aliphatic heterocycles. The fraction of sp³-hybridized carbons (Fsp3) is 0.613. The van der Waals surface area contributed by atoms with Crippen molar-refractivity contribution in [3.63, 3.8) is 0 Å². The summed E-state index contributed by atoms with van der Waals surface area (Å²) in [5.74, 6) is 1.72. The van der Waals surface area contributed by atoms with E-state index in [1.165, 1.54) is 37.1 Å². The number of nitrogens with zero attached hydrogens (tertiary/aromatic N) is 6. The number of piperidine rings is 1. The fourth-order valence-electron chi connectivity index (χ4n) is 6.78. The molecule has 4 rings (SSSR count). The molecule has 202 valence electrons. The molecule has 0 aromatic carbocycles. The Balaban J connectivity index is 1.51. The van der Waals surface area contributed by atoms with Gasteiger partial charge < -0.3 is 14.4 Å². The first kappa shape index (κ1) is 27.7. The lowest BCUT2D eigenvalue weighted by Gasteiger charge is -2.39. The van der Waals surface area contributed by atoms with Crippen LogP contribution in [0.5, 0.6) is 0 Å². The number of aryl methyl sites for hydroxylation is 1. The molecule has 2 aromatic rings. The molecule has 2 aliphatic rings. The second kappa shape index (κ2) is 12.1. The van der Waals surface area contributed by atoms with Crippen LogP contribution in [0, 0.1) is 11.3 Å². The van der Waals surface area contributed by atoms with Crippen LogP contribution in [0.1, 0.15) is 74.0 Å². The lowest BCUT2D eigenvalue weighted by atomic mass is 9.89. The van der Waals surface area contributed by atoms with E-state index < -0.39 is 0 Å². The van der Waals surface area contributed by atoms with Gasteiger partial charge in [-0.25, -0.2) is 4.98 Å². The minimum absolute atomic E-state index is 0.279. The molecule has 0 N–H and O–H groups in total. The van der Waals surface area contributed by atoms with E-state index in [2.05, 4.69) is 79.5 Å². The largest absolute Gasteiger partial charge is 0.327 e. The highest BCUT2D eigenvalue weighted by atomic mass is 15.2. The summed E-state index contributed by atoms with van der Waals surface area (Å²) in [5, 5.41) is 0. The molecule has 0 spiro atoms. The summed E-state index contributed by atoms with van der Waals surface area (Å²) < 4.78 is 2.43. The highest BCUT2D eigenvalue weighted by Crippen LogP contribution is 2.33. The maximum absolute atomic E-state index is 5.06. The Morgan fingerprint density at radius 2 is 1.95 bits per heavy atom. The van der Waals surface area contributed by atoms with Gasteiger partial charge in [0.05, 0.1) is 29.7 Å². The quantitative estimate of drug-likeness (QED) is 0.411. The molecule has 1 fully saturated rings. The second-order valence-electron chi connectivity index (χ2n) is 12.3. The Labute approximate surface area is 225 Å². The third-order valence-corrected chi connectivity index (χ3v) is 8.03. The Hall–Kier alpha value is -2.28. The number of imidazole rings is 1. The fourth-order valence-corrected chi connectivity index (χ4v) is 6.78. The highest BCUT2D eigenvalue weighted by molar-refractivity contribution is 5.58. The zero-order valence-electron chi connectivity index (χ0n) is 23.9. The van der Waals surface area contributed by atoms with E-state index in [9.17, 15) is 0 Å². The summed E-state index contributed by atoms with van der Waals surface area (Å²) in [4.78, 5) is 17.3. The molecule has 0 unspecified atom stereocenters. The van der Waals surface area contributed by atoms with Gasteiger partial charge in [0, 0.05) is 32.4 Å². The van der Waals surface area contributed by atoms with E-state index in [1.54, 1.807) is 0 Å². The van der Waals surface area contributed by atoms with Crippen molar-refractivity contribution in [3.05, 3.63) is 60.0 Å². The minimum Gasteiger partial charge on any atom is -0.327 e. The molecule has 0 radical (unpaired) electrons. The van der Waals surface area contributed by atoms with Crippen molar-refractivity contribution in [1.82, 2.24) is 29.2 Å². The summed E-state index contributed by atoms with van der Waals surface area (Å²) >= 11 is 0. The van der Waals surface area contributed by atoms with Gasteiger partial charge >= 0.3 is 0 Å². The molecule has 1 saturated heterocycles. The van der Waals surface area contributed by atoms with Crippen molar-refractivity contribution < 1.29 is 0 Å². The van der Waals surface area contributed by atoms with Crippen LogP contribution in [-0.4, -0.2) is 76.6 Å². The van der Waals surface area contributed by atoms with E-state index in [4.69, 9.17) is 9.97 Å². The lowest BCUT2D eigenvalue weighted by Crippen LogP contribution is -2.45. The van der Waals surface area contributed by atoms with Crippen LogP contribution in [0.25, 0.3) is 12.2 Å². The van der Waals surface area contributed by atoms with Gasteiger partial charge in [-0.1, -0.05) is 33.1 Å². The van der Waals surface area contributed by atoms with Gasteiger partial charge in [0.25, 0.3) is 0 Å². The number of fused-ring (bicyclic) bond motifs is 1. The van der Waals surface area contributed by atoms with Gasteiger partial charge in [-0.2, -0.15) is 0 Å². The van der Waals surface area contributed by atoms with Crippen LogP contribution in [0.3, 0.4) is 0 Å². The van der Waals surface area contributed by atoms with E-state index in [0.29, 0.717) is 12.0 Å². The molecule has 0 amide bonds. The average Bonchev–Trinajstić information content (AvgIpc) is 3.18. The molecule has 6 heteroatoms. The maximum Gasteiger partial charge on any atom is 0.124 e. The summed E-state index contributed by atoms with van der Waals surface area (Å²) in [5.41, 5.74) is 4.96. The van der Waals surface area contributed by atoms with Crippen LogP contribution in [0.4, 0.5) is 0 Å². The summed E-state index contributed by atoms with van der Waals surface area (Å²) in [7, 11) is 6.58. The van der Waals surface area contributed by atoms with Crippen molar-refractivity contribution in [2.24, 2.45) is 11.3 Å². The van der Waals surface area contributed by atoms with Gasteiger partial charge in [0.1, 0.15) is 5.82 Å². The zero-order chi connectivity index (χ0) is 26.6. The summed E-state index contributed by atoms with van der Waals surface area (Å²) in [6.07, 6.45) is 11.8. The standard InChI is InChI=1S/C31H48N6/c1-8-26-27(9-2)37(20-24-13-12-18-36(19-24)23-31(3,4)22-34(5)6)29(33-26)21-35(7)28-16-10-14-25-15-11-17-32-30(25)28/h8-9,11,15,17,24,28H,1-2,10,12-14,16,18-23H2,3-7H3/t24-,28-/m0/s1. The molecular formula is C31H48N6. The van der Waals surface area contributed by atoms with Gasteiger partial charge in [0.2, 0.25) is 0 Å². The highest BCUT2D eigenvalue weighted by Gasteiger charge is 2.30. The van der Waals surface area contributed by atoms with Gasteiger partial charge in [-0.05, 0) is 94.9 Å². The third-order valence-electron chi connectivity index (χ3n) is 8.03. The van der Waals surface area contributed by atoms with Crippen LogP contribution < -0.4 is 0 Å². The Morgan fingerprint density at radius 3 is 2.68 bits per heavy atom. The Kier molecular flexibility index (Phi) is 9.04. The summed E-state index contributed by atoms with van der Waals surface area (Å²) in [6.45, 7) is 19.4. The number of aromatic nitrogens is 3. The first-order chi connectivity index (χ1) is 17.7. The topological polar surface area (TPSA) is 40.4 Å². The van der Waals surface area contributed by atoms with Crippen molar-refractivity contribution in [3.8, 4) is 0 Å². The molecule has 1 aliphatic carbocycles. The molecule has 6 nitrogen and oxygen atoms in total. The normalized spacial score (nSPS) is 20.8. The molecule has 0 bridgehead atoms. The lowest BCUT2D eigenvalue weighted by molar-refractivity contribution is 0.0968. The SMILES string of the molecule is C=Cc1nc(CN(C)[C@H]2CCCc3cccnc32)n(C[C@H]2CCCN(CC(C)(C)CN(C)C)C2)c1C=C. The van der Waals surface area contributed by atoms with E-state index >= 15 is 0 Å². The first-order valence-corrected chi connectivity index (χ1v) is 14.1. The number of likely N-dealkylation sites (tertiary alicyclic amines) is 1. The summed E-state index contributed by atoms with van der Waals surface area (Å²) in [6, 6.07) is 4.64. The predicted octanol–water partition coefficient (Wildman–Crippen LogP) is 5.37. The first-order valence-electron chi connectivity index (χ1n) is 14.1.